The molecule has 12 nitrogen and oxygen atoms in total. The van der Waals surface area contributed by atoms with Crippen molar-refractivity contribution in [1.29, 1.82) is 0 Å². The number of aliphatic hydroxyl groups excluding tert-OH is 1. The quantitative estimate of drug-likeness (QED) is 0.348. The van der Waals surface area contributed by atoms with Crippen LogP contribution in [-0.2, 0) is 16.0 Å². The summed E-state index contributed by atoms with van der Waals surface area (Å²) < 4.78 is 5.66. The maximum absolute atomic E-state index is 13.3. The van der Waals surface area contributed by atoms with Gasteiger partial charge in [0.25, 0.3) is 11.8 Å². The number of carbonyl (C=O) groups excluding carboxylic acids is 4. The number of aliphatic hydroxyl groups is 1. The fourth-order valence-electron chi connectivity index (χ4n) is 4.85. The zero-order valence-electron chi connectivity index (χ0n) is 23.5. The molecule has 4 bridgehead atoms. The molecule has 0 radical (unpaired) electrons. The lowest BCUT2D eigenvalue weighted by molar-refractivity contribution is -0.142. The second-order valence-electron chi connectivity index (χ2n) is 11.1. The Balaban J connectivity index is 1.46. The fraction of sp³-hybridized carbons (Fsp3) is 0.448. The zero-order chi connectivity index (χ0) is 29.9. The molecule has 222 valence electrons. The van der Waals surface area contributed by atoms with E-state index < -0.39 is 35.2 Å². The second kappa shape index (κ2) is 12.4. The lowest BCUT2D eigenvalue weighted by Crippen LogP contribution is -2.48. The number of nitrogens with zero attached hydrogens (tertiary/aromatic N) is 3. The van der Waals surface area contributed by atoms with Gasteiger partial charge in [-0.2, -0.15) is 0 Å². The van der Waals surface area contributed by atoms with Crippen LogP contribution in [0.4, 0.5) is 0 Å². The minimum absolute atomic E-state index is 0.0128. The van der Waals surface area contributed by atoms with Gasteiger partial charge in [0.2, 0.25) is 17.7 Å². The third kappa shape index (κ3) is 6.52. The molecular weight excluding hydrogens is 560 g/mol. The van der Waals surface area contributed by atoms with Gasteiger partial charge in [-0.25, -0.2) is 9.97 Å². The number of amides is 4. The van der Waals surface area contributed by atoms with Crippen molar-refractivity contribution in [1.82, 2.24) is 30.8 Å². The summed E-state index contributed by atoms with van der Waals surface area (Å²) >= 11 is 1.26. The number of fused-ring (bicyclic) bond motifs is 4. The molecule has 0 unspecified atom stereocenters. The van der Waals surface area contributed by atoms with E-state index in [-0.39, 0.29) is 55.3 Å². The highest BCUT2D eigenvalue weighted by atomic mass is 32.1. The molecule has 4 N–H and O–H groups in total. The summed E-state index contributed by atoms with van der Waals surface area (Å²) in [5, 5.41) is 20.6. The topological polar surface area (TPSA) is 167 Å². The first-order valence-corrected chi connectivity index (χ1v) is 14.8. The van der Waals surface area contributed by atoms with Crippen LogP contribution in [0, 0.1) is 11.3 Å². The molecule has 2 aliphatic rings. The van der Waals surface area contributed by atoms with Gasteiger partial charge in [0.15, 0.2) is 5.69 Å². The van der Waals surface area contributed by atoms with E-state index in [2.05, 4.69) is 25.9 Å². The predicted octanol–water partition coefficient (Wildman–Crippen LogP) is 2.00. The van der Waals surface area contributed by atoms with Gasteiger partial charge in [-0.1, -0.05) is 44.2 Å². The molecule has 0 saturated heterocycles. The van der Waals surface area contributed by atoms with E-state index in [9.17, 15) is 24.3 Å². The Morgan fingerprint density at radius 2 is 1.88 bits per heavy atom. The van der Waals surface area contributed by atoms with Crippen molar-refractivity contribution in [3.8, 4) is 0 Å². The lowest BCUT2D eigenvalue weighted by atomic mass is 10.0. The molecule has 1 aromatic carbocycles. The van der Waals surface area contributed by atoms with Gasteiger partial charge >= 0.3 is 0 Å². The number of thiazole rings is 1. The summed E-state index contributed by atoms with van der Waals surface area (Å²) in [4.78, 5) is 63.0. The summed E-state index contributed by atoms with van der Waals surface area (Å²) in [5.74, 6) is -1.61. The first-order valence-electron chi connectivity index (χ1n) is 13.9. The standard InChI is InChI=1S/C29H34N6O6S/c1-17(2)23-27-33-21(15-42-27)25(39)31-19(12-18-6-4-3-5-7-18)26-32-20(14-41-26)24(38)30-10-11-35(13-22(37)34-23)28(40)29(16-36)8-9-29/h3-7,14-15,17,19,23,36H,8-13,16H2,1-2H3,(H,30,38)(H,31,39)(H,34,37)/t19-,23-/m0/s1. The van der Waals surface area contributed by atoms with Crippen LogP contribution in [0.5, 0.6) is 0 Å². The maximum Gasteiger partial charge on any atom is 0.273 e. The minimum atomic E-state index is -0.884. The Morgan fingerprint density at radius 3 is 2.57 bits per heavy atom. The molecule has 3 heterocycles. The molecule has 3 aromatic rings. The van der Waals surface area contributed by atoms with Crippen LogP contribution in [0.3, 0.4) is 0 Å². The van der Waals surface area contributed by atoms with Gasteiger partial charge in [-0.05, 0) is 24.3 Å². The van der Waals surface area contributed by atoms with E-state index in [1.165, 1.54) is 22.5 Å². The molecule has 42 heavy (non-hydrogen) atoms. The van der Waals surface area contributed by atoms with Crippen molar-refractivity contribution in [2.75, 3.05) is 26.2 Å². The smallest absolute Gasteiger partial charge is 0.273 e. The highest BCUT2D eigenvalue weighted by Crippen LogP contribution is 2.46. The van der Waals surface area contributed by atoms with Gasteiger partial charge in [0.05, 0.1) is 24.6 Å². The zero-order valence-corrected chi connectivity index (χ0v) is 24.3. The van der Waals surface area contributed by atoms with Crippen LogP contribution in [0.2, 0.25) is 0 Å². The highest BCUT2D eigenvalue weighted by molar-refractivity contribution is 7.09. The molecule has 2 atom stereocenters. The number of nitrogens with one attached hydrogen (secondary N) is 3. The first-order chi connectivity index (χ1) is 20.2. The van der Waals surface area contributed by atoms with Crippen LogP contribution in [0.25, 0.3) is 0 Å². The van der Waals surface area contributed by atoms with Crippen LogP contribution in [0.15, 0.2) is 46.4 Å². The van der Waals surface area contributed by atoms with E-state index in [0.29, 0.717) is 24.3 Å². The average molecular weight is 595 g/mol. The summed E-state index contributed by atoms with van der Waals surface area (Å²) in [6.45, 7) is 3.41. The van der Waals surface area contributed by atoms with Gasteiger partial charge in [-0.3, -0.25) is 19.2 Å². The molecule has 5 rings (SSSR count). The highest BCUT2D eigenvalue weighted by Gasteiger charge is 2.51. The third-order valence-corrected chi connectivity index (χ3v) is 8.47. The minimum Gasteiger partial charge on any atom is -0.446 e. The largest absolute Gasteiger partial charge is 0.446 e. The van der Waals surface area contributed by atoms with Crippen LogP contribution >= 0.6 is 11.3 Å². The summed E-state index contributed by atoms with van der Waals surface area (Å²) in [5.41, 5.74) is 0.232. The number of rotatable bonds is 5. The predicted molar refractivity (Wildman–Crippen MR) is 152 cm³/mol. The van der Waals surface area contributed by atoms with Gasteiger partial charge < -0.3 is 30.4 Å². The Labute approximate surface area is 246 Å². The van der Waals surface area contributed by atoms with Crippen LogP contribution in [0.1, 0.15) is 76.2 Å². The molecule has 13 heteroatoms. The Hall–Kier alpha value is -4.10. The molecule has 0 spiro atoms. The summed E-state index contributed by atoms with van der Waals surface area (Å²) in [6, 6.07) is 8.32. The van der Waals surface area contributed by atoms with Crippen molar-refractivity contribution in [3.63, 3.8) is 0 Å². The van der Waals surface area contributed by atoms with Gasteiger partial charge in [0.1, 0.15) is 23.0 Å². The first kappa shape index (κ1) is 29.4. The number of oxazole rings is 1. The van der Waals surface area contributed by atoms with Crippen molar-refractivity contribution < 1.29 is 28.7 Å². The summed E-state index contributed by atoms with van der Waals surface area (Å²) in [6.07, 6.45) is 2.66. The normalized spacial score (nSPS) is 21.1. The number of benzene rings is 1. The number of hydrogen-bond acceptors (Lipinski definition) is 9. The Morgan fingerprint density at radius 1 is 1.12 bits per heavy atom. The maximum atomic E-state index is 13.3. The second-order valence-corrected chi connectivity index (χ2v) is 12.0. The van der Waals surface area contributed by atoms with E-state index in [0.717, 1.165) is 5.56 Å². The number of carbonyl (C=O) groups is 4. The Kier molecular flexibility index (Phi) is 8.69. The van der Waals surface area contributed by atoms with Crippen molar-refractivity contribution in [3.05, 3.63) is 69.8 Å². The van der Waals surface area contributed by atoms with Crippen molar-refractivity contribution >= 4 is 35.0 Å². The number of aromatic nitrogens is 2. The van der Waals surface area contributed by atoms with Crippen LogP contribution < -0.4 is 16.0 Å². The Bertz CT molecular complexity index is 1450. The molecule has 1 fully saturated rings. The monoisotopic (exact) mass is 594 g/mol. The number of hydrogen-bond donors (Lipinski definition) is 4. The van der Waals surface area contributed by atoms with Crippen molar-refractivity contribution in [2.45, 2.75) is 45.2 Å². The average Bonchev–Trinajstić information content (AvgIpc) is 3.36. The molecule has 4 amide bonds. The molecule has 1 aliphatic heterocycles. The van der Waals surface area contributed by atoms with Gasteiger partial charge in [-0.15, -0.1) is 11.3 Å². The lowest BCUT2D eigenvalue weighted by Gasteiger charge is -2.28. The fourth-order valence-corrected chi connectivity index (χ4v) is 5.87. The van der Waals surface area contributed by atoms with E-state index in [4.69, 9.17) is 4.42 Å². The SMILES string of the molecule is CC(C)[C@@H]1NC(=O)CN(C(=O)C2(CO)CC2)CCNC(=O)c2coc(n2)[C@H](Cc2ccccc2)NC(=O)c2csc1n2. The summed E-state index contributed by atoms with van der Waals surface area (Å²) in [7, 11) is 0. The third-order valence-electron chi connectivity index (χ3n) is 7.54. The van der Waals surface area contributed by atoms with E-state index >= 15 is 0 Å². The van der Waals surface area contributed by atoms with E-state index in [1.807, 2.05) is 44.2 Å². The molecular formula is C29H34N6O6S. The molecule has 1 aliphatic carbocycles. The molecule has 1 saturated carbocycles. The van der Waals surface area contributed by atoms with E-state index in [1.54, 1.807) is 5.38 Å². The van der Waals surface area contributed by atoms with Crippen LogP contribution in [-0.4, -0.2) is 69.8 Å². The van der Waals surface area contributed by atoms with Gasteiger partial charge in [0, 0.05) is 24.9 Å². The molecule has 2 aromatic heterocycles. The van der Waals surface area contributed by atoms with Crippen molar-refractivity contribution in [2.24, 2.45) is 11.3 Å².